The number of hydrogen-bond donors (Lipinski definition) is 2. The Balaban J connectivity index is 2.07. The van der Waals surface area contributed by atoms with E-state index in [1.54, 1.807) is 11.8 Å². The lowest BCUT2D eigenvalue weighted by Gasteiger charge is -2.34. The van der Waals surface area contributed by atoms with Crippen LogP contribution in [0.3, 0.4) is 0 Å². The predicted octanol–water partition coefficient (Wildman–Crippen LogP) is 0.331. The molecule has 1 aromatic heterocycles. The van der Waals surface area contributed by atoms with Crippen molar-refractivity contribution in [2.75, 3.05) is 12.8 Å². The molecule has 0 amide bonds. The molecule has 1 aromatic rings. The number of nitrogen functional groups attached to an aromatic ring is 1. The molecule has 0 aromatic carbocycles. The molecule has 1 aliphatic carbocycles. The first kappa shape index (κ1) is 14.3. The first-order valence-corrected chi connectivity index (χ1v) is 7.82. The molecule has 0 spiro atoms. The maximum absolute atomic E-state index is 12.2. The smallest absolute Gasteiger partial charge is 0.246 e. The lowest BCUT2D eigenvalue weighted by Crippen LogP contribution is -2.47. The third kappa shape index (κ3) is 3.07. The zero-order chi connectivity index (χ0) is 14.0. The average molecular weight is 288 g/mol. The van der Waals surface area contributed by atoms with Crippen molar-refractivity contribution in [1.82, 2.24) is 14.5 Å². The van der Waals surface area contributed by atoms with Crippen LogP contribution in [0.2, 0.25) is 0 Å². The van der Waals surface area contributed by atoms with Gasteiger partial charge in [0.25, 0.3) is 0 Å². The van der Waals surface area contributed by atoms with Crippen molar-refractivity contribution < 1.29 is 13.2 Å². The molecule has 1 heterocycles. The number of hydrogen-bond acceptors (Lipinski definition) is 5. The summed E-state index contributed by atoms with van der Waals surface area (Å²) in [5.41, 5.74) is 5.67. The highest BCUT2D eigenvalue weighted by Crippen LogP contribution is 2.25. The Hall–Kier alpha value is -1.12. The van der Waals surface area contributed by atoms with E-state index in [0.717, 1.165) is 6.42 Å². The summed E-state index contributed by atoms with van der Waals surface area (Å²) in [6.45, 7) is 2.64. The molecule has 0 bridgehead atoms. The normalized spacial score (nSPS) is 23.3. The van der Waals surface area contributed by atoms with Crippen LogP contribution in [-0.4, -0.2) is 37.5 Å². The summed E-state index contributed by atoms with van der Waals surface area (Å²) in [5, 5.41) is 4.00. The molecule has 2 rings (SSSR count). The molecule has 0 atom stereocenters. The van der Waals surface area contributed by atoms with Crippen LogP contribution in [0.5, 0.6) is 0 Å². The van der Waals surface area contributed by atoms with Gasteiger partial charge in [-0.1, -0.05) is 6.92 Å². The van der Waals surface area contributed by atoms with E-state index in [4.69, 9.17) is 10.5 Å². The van der Waals surface area contributed by atoms with Crippen LogP contribution in [0.15, 0.2) is 11.1 Å². The molecular formula is C11H20N4O3S. The number of nitrogens with one attached hydrogen (secondary N) is 1. The summed E-state index contributed by atoms with van der Waals surface area (Å²) >= 11 is 0. The minimum atomic E-state index is -3.59. The van der Waals surface area contributed by atoms with E-state index in [-0.39, 0.29) is 22.9 Å². The number of sulfonamides is 1. The van der Waals surface area contributed by atoms with Crippen molar-refractivity contribution in [2.45, 2.75) is 49.8 Å². The molecular weight excluding hydrogens is 268 g/mol. The summed E-state index contributed by atoms with van der Waals surface area (Å²) < 4.78 is 33.7. The fourth-order valence-electron chi connectivity index (χ4n) is 2.11. The summed E-state index contributed by atoms with van der Waals surface area (Å²) in [6, 6.07) is -0.0797. The zero-order valence-electron chi connectivity index (χ0n) is 11.2. The second-order valence-electron chi connectivity index (χ2n) is 4.79. The first-order valence-electron chi connectivity index (χ1n) is 6.34. The van der Waals surface area contributed by atoms with Crippen molar-refractivity contribution in [3.05, 3.63) is 6.20 Å². The molecule has 7 nitrogen and oxygen atoms in total. The summed E-state index contributed by atoms with van der Waals surface area (Å²) in [4.78, 5) is 0.0572. The summed E-state index contributed by atoms with van der Waals surface area (Å²) in [6.07, 6.45) is 3.88. The molecule has 19 heavy (non-hydrogen) atoms. The van der Waals surface area contributed by atoms with Gasteiger partial charge < -0.3 is 10.5 Å². The van der Waals surface area contributed by atoms with Gasteiger partial charge in [-0.3, -0.25) is 4.68 Å². The Labute approximate surface area is 113 Å². The number of aryl methyl sites for hydroxylation is 1. The third-order valence-corrected chi connectivity index (χ3v) is 4.78. The Morgan fingerprint density at radius 1 is 1.58 bits per heavy atom. The van der Waals surface area contributed by atoms with Crippen molar-refractivity contribution >= 4 is 15.8 Å². The molecule has 8 heteroatoms. The first-order chi connectivity index (χ1) is 8.96. The molecule has 0 radical (unpaired) electrons. The second-order valence-corrected chi connectivity index (χ2v) is 6.47. The Kier molecular flexibility index (Phi) is 4.12. The molecule has 1 fully saturated rings. The van der Waals surface area contributed by atoms with E-state index in [1.807, 2.05) is 6.92 Å². The summed E-state index contributed by atoms with van der Waals surface area (Å²) in [5.74, 6) is 0.0450. The van der Waals surface area contributed by atoms with Gasteiger partial charge in [-0.25, -0.2) is 13.1 Å². The number of aromatic nitrogens is 2. The van der Waals surface area contributed by atoms with Gasteiger partial charge in [0.2, 0.25) is 10.0 Å². The van der Waals surface area contributed by atoms with Crippen molar-refractivity contribution in [3.8, 4) is 0 Å². The van der Waals surface area contributed by atoms with E-state index < -0.39 is 10.0 Å². The maximum atomic E-state index is 12.2. The van der Waals surface area contributed by atoms with Crippen molar-refractivity contribution in [3.63, 3.8) is 0 Å². The van der Waals surface area contributed by atoms with Crippen molar-refractivity contribution in [1.29, 1.82) is 0 Å². The second kappa shape index (κ2) is 5.48. The number of anilines is 1. The topological polar surface area (TPSA) is 99.2 Å². The van der Waals surface area contributed by atoms with E-state index in [2.05, 4.69) is 9.82 Å². The highest BCUT2D eigenvalue weighted by Gasteiger charge is 2.33. The van der Waals surface area contributed by atoms with Gasteiger partial charge in [0, 0.05) is 25.9 Å². The van der Waals surface area contributed by atoms with Crippen LogP contribution in [0.25, 0.3) is 0 Å². The molecule has 3 N–H and O–H groups in total. The van der Waals surface area contributed by atoms with Gasteiger partial charge in [-0.05, 0) is 19.3 Å². The van der Waals surface area contributed by atoms with E-state index in [1.165, 1.54) is 6.20 Å². The van der Waals surface area contributed by atoms with Crippen molar-refractivity contribution in [2.24, 2.45) is 0 Å². The summed E-state index contributed by atoms with van der Waals surface area (Å²) in [7, 11) is -1.97. The average Bonchev–Trinajstić information content (AvgIpc) is 2.65. The van der Waals surface area contributed by atoms with Crippen LogP contribution in [0.4, 0.5) is 5.82 Å². The minimum absolute atomic E-state index is 0.0450. The number of ether oxygens (including phenoxy) is 1. The fraction of sp³-hybridized carbons (Fsp3) is 0.727. The number of nitrogens with zero attached hydrogens (tertiary/aromatic N) is 2. The predicted molar refractivity (Wildman–Crippen MR) is 71.1 cm³/mol. The van der Waals surface area contributed by atoms with Gasteiger partial charge >= 0.3 is 0 Å². The molecule has 1 saturated carbocycles. The Bertz CT molecular complexity index is 534. The minimum Gasteiger partial charge on any atom is -0.381 e. The van der Waals surface area contributed by atoms with E-state index in [9.17, 15) is 8.42 Å². The lowest BCUT2D eigenvalue weighted by atomic mass is 9.90. The number of methoxy groups -OCH3 is 1. The molecule has 0 unspecified atom stereocenters. The molecule has 0 aliphatic heterocycles. The monoisotopic (exact) mass is 288 g/mol. The van der Waals surface area contributed by atoms with Crippen LogP contribution < -0.4 is 10.5 Å². The van der Waals surface area contributed by atoms with Gasteiger partial charge in [-0.15, -0.1) is 0 Å². The molecule has 0 saturated heterocycles. The third-order valence-electron chi connectivity index (χ3n) is 3.25. The molecule has 1 aliphatic rings. The van der Waals surface area contributed by atoms with Gasteiger partial charge in [-0.2, -0.15) is 5.10 Å². The maximum Gasteiger partial charge on any atom is 0.246 e. The fourth-order valence-corrected chi connectivity index (χ4v) is 3.44. The van der Waals surface area contributed by atoms with Gasteiger partial charge in [0.1, 0.15) is 4.90 Å². The van der Waals surface area contributed by atoms with Crippen LogP contribution >= 0.6 is 0 Å². The Morgan fingerprint density at radius 3 is 2.84 bits per heavy atom. The van der Waals surface area contributed by atoms with Crippen LogP contribution in [0.1, 0.15) is 26.2 Å². The quantitative estimate of drug-likeness (QED) is 0.786. The van der Waals surface area contributed by atoms with Gasteiger partial charge in [0.05, 0.1) is 6.10 Å². The number of rotatable bonds is 6. The SMILES string of the molecule is CCCn1cc(S(=O)(=O)NC2CC(OC)C2)c(N)n1. The highest BCUT2D eigenvalue weighted by atomic mass is 32.2. The molecule has 108 valence electrons. The van der Waals surface area contributed by atoms with Gasteiger partial charge in [0.15, 0.2) is 5.82 Å². The number of nitrogens with two attached hydrogens (primary N) is 1. The highest BCUT2D eigenvalue weighted by molar-refractivity contribution is 7.89. The standard InChI is InChI=1S/C11H20N4O3S/c1-3-4-15-7-10(11(12)13-15)19(16,17)14-8-5-9(6-8)18-2/h7-9,14H,3-6H2,1-2H3,(H2,12,13). The Morgan fingerprint density at radius 2 is 2.26 bits per heavy atom. The van der Waals surface area contributed by atoms with Crippen LogP contribution in [0, 0.1) is 0 Å². The van der Waals surface area contributed by atoms with Crippen LogP contribution in [-0.2, 0) is 21.3 Å². The zero-order valence-corrected chi connectivity index (χ0v) is 12.0. The van der Waals surface area contributed by atoms with E-state index >= 15 is 0 Å². The largest absolute Gasteiger partial charge is 0.381 e. The lowest BCUT2D eigenvalue weighted by molar-refractivity contribution is 0.0236. The van der Waals surface area contributed by atoms with E-state index in [0.29, 0.717) is 19.4 Å².